The predicted octanol–water partition coefficient (Wildman–Crippen LogP) is 2.91. The number of para-hydroxylation sites is 1. The monoisotopic (exact) mass is 358 g/mol. The van der Waals surface area contributed by atoms with Crippen LogP contribution in [0.25, 0.3) is 0 Å². The van der Waals surface area contributed by atoms with Gasteiger partial charge < -0.3 is 14.8 Å². The largest absolute Gasteiger partial charge is 0.494 e. The van der Waals surface area contributed by atoms with E-state index < -0.39 is 5.82 Å². The first-order valence-corrected chi connectivity index (χ1v) is 8.59. The molecule has 1 N–H and O–H groups in total. The molecule has 0 saturated carbocycles. The Kier molecular flexibility index (Phi) is 5.73. The summed E-state index contributed by atoms with van der Waals surface area (Å²) in [7, 11) is 3.27. The first-order chi connectivity index (χ1) is 12.6. The average molecular weight is 358 g/mol. The van der Waals surface area contributed by atoms with E-state index in [-0.39, 0.29) is 24.2 Å². The van der Waals surface area contributed by atoms with E-state index in [1.54, 1.807) is 12.1 Å². The van der Waals surface area contributed by atoms with Crippen LogP contribution in [-0.4, -0.2) is 38.1 Å². The van der Waals surface area contributed by atoms with Crippen LogP contribution in [0.1, 0.15) is 23.6 Å². The molecule has 0 spiro atoms. The number of hydrogen-bond acceptors (Lipinski definition) is 4. The number of nitrogens with one attached hydrogen (secondary N) is 1. The number of benzene rings is 2. The molecule has 1 unspecified atom stereocenters. The molecule has 138 valence electrons. The Labute approximate surface area is 152 Å². The molecule has 0 radical (unpaired) electrons. The fourth-order valence-corrected chi connectivity index (χ4v) is 3.15. The molecular formula is C20H23FN2O3. The summed E-state index contributed by atoms with van der Waals surface area (Å²) in [4.78, 5) is 14.3. The van der Waals surface area contributed by atoms with Gasteiger partial charge in [-0.15, -0.1) is 0 Å². The minimum absolute atomic E-state index is 0.0423. The van der Waals surface area contributed by atoms with Crippen LogP contribution in [0.5, 0.6) is 11.5 Å². The number of hydrogen-bond donors (Lipinski definition) is 1. The van der Waals surface area contributed by atoms with Gasteiger partial charge in [-0.05, 0) is 30.8 Å². The summed E-state index contributed by atoms with van der Waals surface area (Å²) >= 11 is 0. The number of fused-ring (bicyclic) bond motifs is 1. The molecule has 1 aliphatic heterocycles. The topological polar surface area (TPSA) is 50.8 Å². The van der Waals surface area contributed by atoms with Crippen molar-refractivity contribution in [3.63, 3.8) is 0 Å². The second kappa shape index (κ2) is 8.19. The van der Waals surface area contributed by atoms with Crippen molar-refractivity contribution >= 4 is 5.91 Å². The second-order valence-electron chi connectivity index (χ2n) is 6.44. The molecule has 3 rings (SSSR count). The third kappa shape index (κ3) is 4.32. The molecule has 0 aliphatic carbocycles. The van der Waals surface area contributed by atoms with Gasteiger partial charge >= 0.3 is 0 Å². The van der Waals surface area contributed by atoms with Gasteiger partial charge in [0.15, 0.2) is 11.6 Å². The minimum Gasteiger partial charge on any atom is -0.494 e. The number of halogens is 1. The molecule has 0 bridgehead atoms. The Morgan fingerprint density at radius 1 is 1.35 bits per heavy atom. The molecular weight excluding hydrogens is 335 g/mol. The summed E-state index contributed by atoms with van der Waals surface area (Å²) in [5.74, 6) is 0.572. The van der Waals surface area contributed by atoms with Gasteiger partial charge in [-0.3, -0.25) is 9.69 Å². The Bertz CT molecular complexity index is 781. The lowest BCUT2D eigenvalue weighted by Gasteiger charge is -2.27. The summed E-state index contributed by atoms with van der Waals surface area (Å²) in [6, 6.07) is 12.5. The van der Waals surface area contributed by atoms with Crippen LogP contribution in [0, 0.1) is 5.82 Å². The smallest absolute Gasteiger partial charge is 0.234 e. The summed E-state index contributed by atoms with van der Waals surface area (Å²) in [5, 5.41) is 3.07. The molecule has 1 aliphatic rings. The van der Waals surface area contributed by atoms with Gasteiger partial charge in [0.2, 0.25) is 5.91 Å². The van der Waals surface area contributed by atoms with E-state index in [4.69, 9.17) is 9.47 Å². The third-order valence-electron chi connectivity index (χ3n) is 4.38. The van der Waals surface area contributed by atoms with E-state index in [1.807, 2.05) is 36.2 Å². The molecule has 0 fully saturated rings. The van der Waals surface area contributed by atoms with E-state index in [2.05, 4.69) is 5.32 Å². The summed E-state index contributed by atoms with van der Waals surface area (Å²) < 4.78 is 24.3. The average Bonchev–Trinajstić information content (AvgIpc) is 2.62. The molecule has 5 nitrogen and oxygen atoms in total. The molecule has 26 heavy (non-hydrogen) atoms. The van der Waals surface area contributed by atoms with Gasteiger partial charge in [-0.25, -0.2) is 4.39 Å². The summed E-state index contributed by atoms with van der Waals surface area (Å²) in [6.07, 6.45) is 0.746. The van der Waals surface area contributed by atoms with Crippen molar-refractivity contribution in [1.29, 1.82) is 0 Å². The number of carbonyl (C=O) groups excluding carboxylic acids is 1. The van der Waals surface area contributed by atoms with E-state index in [0.717, 1.165) is 23.3 Å². The van der Waals surface area contributed by atoms with Crippen LogP contribution in [0.4, 0.5) is 4.39 Å². The van der Waals surface area contributed by atoms with Crippen molar-refractivity contribution in [2.24, 2.45) is 0 Å². The van der Waals surface area contributed by atoms with Crippen LogP contribution in [-0.2, 0) is 11.3 Å². The first kappa shape index (κ1) is 18.2. The lowest BCUT2D eigenvalue weighted by Crippen LogP contribution is -2.38. The third-order valence-corrected chi connectivity index (χ3v) is 4.38. The van der Waals surface area contributed by atoms with E-state index in [0.29, 0.717) is 13.2 Å². The predicted molar refractivity (Wildman–Crippen MR) is 96.7 cm³/mol. The summed E-state index contributed by atoms with van der Waals surface area (Å²) in [6.45, 7) is 1.29. The normalized spacial score (nSPS) is 15.9. The highest BCUT2D eigenvalue weighted by atomic mass is 19.1. The zero-order valence-corrected chi connectivity index (χ0v) is 15.0. The Balaban J connectivity index is 1.56. The fraction of sp³-hybridized carbons (Fsp3) is 0.350. The van der Waals surface area contributed by atoms with Gasteiger partial charge in [0.05, 0.1) is 26.3 Å². The lowest BCUT2D eigenvalue weighted by molar-refractivity contribution is -0.123. The van der Waals surface area contributed by atoms with Crippen LogP contribution >= 0.6 is 0 Å². The van der Waals surface area contributed by atoms with E-state index in [9.17, 15) is 9.18 Å². The van der Waals surface area contributed by atoms with Crippen LogP contribution in [0.3, 0.4) is 0 Å². The quantitative estimate of drug-likeness (QED) is 0.863. The van der Waals surface area contributed by atoms with Crippen molar-refractivity contribution in [3.05, 3.63) is 59.4 Å². The zero-order chi connectivity index (χ0) is 18.5. The molecule has 1 amide bonds. The molecule has 6 heteroatoms. The molecule has 1 heterocycles. The van der Waals surface area contributed by atoms with Gasteiger partial charge in [0.25, 0.3) is 0 Å². The van der Waals surface area contributed by atoms with Crippen LogP contribution in [0.15, 0.2) is 42.5 Å². The molecule has 0 aromatic heterocycles. The lowest BCUT2D eigenvalue weighted by atomic mass is 10.0. The van der Waals surface area contributed by atoms with E-state index in [1.165, 1.54) is 13.2 Å². The minimum atomic E-state index is -0.401. The van der Waals surface area contributed by atoms with Crippen molar-refractivity contribution in [3.8, 4) is 11.5 Å². The SMILES string of the molecule is COc1ccc(CN(C)CC(=O)NC2CCOc3ccccc32)cc1F. The number of rotatable bonds is 6. The number of ether oxygens (including phenoxy) is 2. The van der Waals surface area contributed by atoms with Crippen molar-refractivity contribution in [1.82, 2.24) is 10.2 Å². The maximum Gasteiger partial charge on any atom is 0.234 e. The standard InChI is InChI=1S/C20H23FN2O3/c1-23(12-14-7-8-19(25-2)16(21)11-14)13-20(24)22-17-9-10-26-18-6-4-3-5-15(17)18/h3-8,11,17H,9-10,12-13H2,1-2H3,(H,22,24). The van der Waals surface area contributed by atoms with Crippen molar-refractivity contribution < 1.29 is 18.7 Å². The Hall–Kier alpha value is -2.60. The maximum absolute atomic E-state index is 13.8. The highest BCUT2D eigenvalue weighted by Crippen LogP contribution is 2.31. The van der Waals surface area contributed by atoms with E-state index >= 15 is 0 Å². The maximum atomic E-state index is 13.8. The highest BCUT2D eigenvalue weighted by Gasteiger charge is 2.22. The highest BCUT2D eigenvalue weighted by molar-refractivity contribution is 5.78. The number of likely N-dealkylation sites (N-methyl/N-ethyl adjacent to an activating group) is 1. The second-order valence-corrected chi connectivity index (χ2v) is 6.44. The zero-order valence-electron chi connectivity index (χ0n) is 15.0. The summed E-state index contributed by atoms with van der Waals surface area (Å²) in [5.41, 5.74) is 1.79. The molecule has 0 saturated heterocycles. The van der Waals surface area contributed by atoms with Gasteiger partial charge in [-0.1, -0.05) is 24.3 Å². The Morgan fingerprint density at radius 3 is 2.92 bits per heavy atom. The van der Waals surface area contributed by atoms with Crippen molar-refractivity contribution in [2.75, 3.05) is 27.3 Å². The van der Waals surface area contributed by atoms with Crippen LogP contribution < -0.4 is 14.8 Å². The molecule has 2 aromatic rings. The first-order valence-electron chi connectivity index (χ1n) is 8.59. The molecule has 2 aromatic carbocycles. The Morgan fingerprint density at radius 2 is 2.15 bits per heavy atom. The fourth-order valence-electron chi connectivity index (χ4n) is 3.15. The number of amides is 1. The number of carbonyl (C=O) groups is 1. The van der Waals surface area contributed by atoms with Gasteiger partial charge in [0, 0.05) is 18.5 Å². The molecule has 1 atom stereocenters. The van der Waals surface area contributed by atoms with Gasteiger partial charge in [-0.2, -0.15) is 0 Å². The van der Waals surface area contributed by atoms with Crippen LogP contribution in [0.2, 0.25) is 0 Å². The number of nitrogens with zero attached hydrogens (tertiary/aromatic N) is 1. The van der Waals surface area contributed by atoms with Gasteiger partial charge in [0.1, 0.15) is 5.75 Å². The number of methoxy groups -OCH3 is 1. The van der Waals surface area contributed by atoms with Crippen molar-refractivity contribution in [2.45, 2.75) is 19.0 Å².